The second kappa shape index (κ2) is 7.10. The number of sulfone groups is 1. The van der Waals surface area contributed by atoms with Gasteiger partial charge in [0.2, 0.25) is 5.91 Å². The van der Waals surface area contributed by atoms with E-state index in [1.54, 1.807) is 12.1 Å². The van der Waals surface area contributed by atoms with Crippen molar-refractivity contribution >= 4 is 50.5 Å². The van der Waals surface area contributed by atoms with E-state index >= 15 is 0 Å². The van der Waals surface area contributed by atoms with Crippen LogP contribution < -0.4 is 10.2 Å². The van der Waals surface area contributed by atoms with E-state index in [1.165, 1.54) is 11.8 Å². The van der Waals surface area contributed by atoms with Crippen molar-refractivity contribution in [2.75, 3.05) is 41.6 Å². The van der Waals surface area contributed by atoms with Gasteiger partial charge in [-0.2, -0.15) is 0 Å². The molecule has 0 saturated carbocycles. The van der Waals surface area contributed by atoms with Gasteiger partial charge in [0.1, 0.15) is 0 Å². The highest BCUT2D eigenvalue weighted by molar-refractivity contribution is 8.02. The number of rotatable bonds is 5. The van der Waals surface area contributed by atoms with Crippen LogP contribution in [0.5, 0.6) is 0 Å². The highest BCUT2D eigenvalue weighted by atomic mass is 35.5. The summed E-state index contributed by atoms with van der Waals surface area (Å²) in [6.45, 7) is 0. The van der Waals surface area contributed by atoms with Gasteiger partial charge in [-0.1, -0.05) is 11.6 Å². The standard InChI is InChI=1S/C14H19ClN2O3S2/c1-17(2)13-4-3-10(15)7-12(13)16-14(18)8-21-11-5-6-22(19,20)9-11/h3-4,7,11H,5-6,8-9H2,1-2H3,(H,16,18). The van der Waals surface area contributed by atoms with Crippen LogP contribution >= 0.6 is 23.4 Å². The molecule has 1 fully saturated rings. The number of halogens is 1. The van der Waals surface area contributed by atoms with E-state index < -0.39 is 9.84 Å². The number of amides is 1. The Labute approximate surface area is 140 Å². The van der Waals surface area contributed by atoms with Crippen molar-refractivity contribution in [1.82, 2.24) is 0 Å². The predicted molar refractivity (Wildman–Crippen MR) is 93.9 cm³/mol. The summed E-state index contributed by atoms with van der Waals surface area (Å²) in [5.41, 5.74) is 1.52. The first kappa shape index (κ1) is 17.4. The van der Waals surface area contributed by atoms with Crippen LogP contribution in [0.3, 0.4) is 0 Å². The Morgan fingerprint density at radius 1 is 1.45 bits per heavy atom. The molecule has 1 aliphatic rings. The van der Waals surface area contributed by atoms with Crippen LogP contribution in [0.25, 0.3) is 0 Å². The van der Waals surface area contributed by atoms with Crippen LogP contribution in [-0.2, 0) is 14.6 Å². The van der Waals surface area contributed by atoms with Crippen LogP contribution in [0.4, 0.5) is 11.4 Å². The van der Waals surface area contributed by atoms with Crippen molar-refractivity contribution in [3.63, 3.8) is 0 Å². The van der Waals surface area contributed by atoms with Gasteiger partial charge < -0.3 is 10.2 Å². The smallest absolute Gasteiger partial charge is 0.234 e. The second-order valence-electron chi connectivity index (χ2n) is 5.44. The molecule has 2 rings (SSSR count). The lowest BCUT2D eigenvalue weighted by atomic mass is 10.2. The normalized spacial score (nSPS) is 19.9. The van der Waals surface area contributed by atoms with Crippen LogP contribution in [0.1, 0.15) is 6.42 Å². The van der Waals surface area contributed by atoms with Gasteiger partial charge >= 0.3 is 0 Å². The molecule has 1 atom stereocenters. The maximum Gasteiger partial charge on any atom is 0.234 e. The fraction of sp³-hybridized carbons (Fsp3) is 0.500. The van der Waals surface area contributed by atoms with E-state index in [0.29, 0.717) is 17.1 Å². The molecular weight excluding hydrogens is 344 g/mol. The van der Waals surface area contributed by atoms with E-state index in [-0.39, 0.29) is 28.4 Å². The summed E-state index contributed by atoms with van der Waals surface area (Å²) < 4.78 is 22.8. The topological polar surface area (TPSA) is 66.5 Å². The number of nitrogens with zero attached hydrogens (tertiary/aromatic N) is 1. The quantitative estimate of drug-likeness (QED) is 0.870. The molecule has 0 radical (unpaired) electrons. The molecule has 1 heterocycles. The molecule has 0 aliphatic carbocycles. The zero-order valence-corrected chi connectivity index (χ0v) is 14.9. The average Bonchev–Trinajstić information content (AvgIpc) is 2.76. The molecule has 0 spiro atoms. The SMILES string of the molecule is CN(C)c1ccc(Cl)cc1NC(=O)CSC1CCS(=O)(=O)C1. The van der Waals surface area contributed by atoms with Crippen molar-refractivity contribution in [3.05, 3.63) is 23.2 Å². The number of carbonyl (C=O) groups is 1. The van der Waals surface area contributed by atoms with E-state index in [1.807, 2.05) is 25.1 Å². The molecule has 1 aromatic carbocycles. The van der Waals surface area contributed by atoms with Gasteiger partial charge in [0.15, 0.2) is 9.84 Å². The summed E-state index contributed by atoms with van der Waals surface area (Å²) >= 11 is 7.37. The van der Waals surface area contributed by atoms with Gasteiger partial charge in [-0.3, -0.25) is 4.79 Å². The number of carbonyl (C=O) groups excluding carboxylic acids is 1. The van der Waals surface area contributed by atoms with Gasteiger partial charge in [-0.25, -0.2) is 8.42 Å². The van der Waals surface area contributed by atoms with E-state index in [9.17, 15) is 13.2 Å². The summed E-state index contributed by atoms with van der Waals surface area (Å²) in [7, 11) is 0.869. The van der Waals surface area contributed by atoms with E-state index in [4.69, 9.17) is 11.6 Å². The van der Waals surface area contributed by atoms with Crippen molar-refractivity contribution in [3.8, 4) is 0 Å². The predicted octanol–water partition coefficient (Wildman–Crippen LogP) is 2.26. The molecule has 8 heteroatoms. The van der Waals surface area contributed by atoms with Gasteiger partial charge in [0.25, 0.3) is 0 Å². The highest BCUT2D eigenvalue weighted by Gasteiger charge is 2.28. The van der Waals surface area contributed by atoms with Crippen molar-refractivity contribution < 1.29 is 13.2 Å². The number of hydrogen-bond acceptors (Lipinski definition) is 5. The zero-order chi connectivity index (χ0) is 16.3. The summed E-state index contributed by atoms with van der Waals surface area (Å²) in [5, 5.41) is 3.41. The van der Waals surface area contributed by atoms with Gasteiger partial charge in [-0.15, -0.1) is 11.8 Å². The molecule has 1 aromatic rings. The molecule has 1 amide bonds. The lowest BCUT2D eigenvalue weighted by molar-refractivity contribution is -0.113. The third-order valence-corrected chi connectivity index (χ3v) is 6.87. The zero-order valence-electron chi connectivity index (χ0n) is 12.5. The number of benzene rings is 1. The maximum absolute atomic E-state index is 12.1. The molecule has 1 unspecified atom stereocenters. The number of thioether (sulfide) groups is 1. The Morgan fingerprint density at radius 2 is 2.18 bits per heavy atom. The van der Waals surface area contributed by atoms with E-state index in [0.717, 1.165) is 5.69 Å². The summed E-state index contributed by atoms with van der Waals surface area (Å²) in [4.78, 5) is 14.0. The fourth-order valence-electron chi connectivity index (χ4n) is 2.27. The average molecular weight is 363 g/mol. The molecule has 122 valence electrons. The lowest BCUT2D eigenvalue weighted by Gasteiger charge is -2.18. The molecule has 1 N–H and O–H groups in total. The van der Waals surface area contributed by atoms with Crippen molar-refractivity contribution in [1.29, 1.82) is 0 Å². The fourth-order valence-corrected chi connectivity index (χ4v) is 5.89. The molecule has 5 nitrogen and oxygen atoms in total. The first-order valence-corrected chi connectivity index (χ1v) is 10.1. The minimum Gasteiger partial charge on any atom is -0.376 e. The largest absolute Gasteiger partial charge is 0.376 e. The molecule has 1 aliphatic heterocycles. The van der Waals surface area contributed by atoms with Crippen molar-refractivity contribution in [2.45, 2.75) is 11.7 Å². The molecule has 0 bridgehead atoms. The summed E-state index contributed by atoms with van der Waals surface area (Å²) in [5.74, 6) is 0.482. The number of hydrogen-bond donors (Lipinski definition) is 1. The van der Waals surface area contributed by atoms with E-state index in [2.05, 4.69) is 5.32 Å². The Bertz CT molecular complexity index is 662. The van der Waals surface area contributed by atoms with Gasteiger partial charge in [0, 0.05) is 24.4 Å². The lowest BCUT2D eigenvalue weighted by Crippen LogP contribution is -2.19. The van der Waals surface area contributed by atoms with Gasteiger partial charge in [0.05, 0.1) is 28.6 Å². The van der Waals surface area contributed by atoms with Crippen molar-refractivity contribution in [2.24, 2.45) is 0 Å². The monoisotopic (exact) mass is 362 g/mol. The third-order valence-electron chi connectivity index (χ3n) is 3.36. The Kier molecular flexibility index (Phi) is 5.63. The minimum absolute atomic E-state index is 0.0171. The summed E-state index contributed by atoms with van der Waals surface area (Å²) in [6.07, 6.45) is 0.625. The Morgan fingerprint density at radius 3 is 2.77 bits per heavy atom. The third kappa shape index (κ3) is 4.79. The first-order valence-electron chi connectivity index (χ1n) is 6.85. The number of anilines is 2. The first-order chi connectivity index (χ1) is 10.3. The van der Waals surface area contributed by atoms with Crippen LogP contribution in [0.15, 0.2) is 18.2 Å². The van der Waals surface area contributed by atoms with Gasteiger partial charge in [-0.05, 0) is 24.6 Å². The number of nitrogens with one attached hydrogen (secondary N) is 1. The summed E-state index contributed by atoms with van der Waals surface area (Å²) in [6, 6.07) is 5.32. The molecule has 22 heavy (non-hydrogen) atoms. The highest BCUT2D eigenvalue weighted by Crippen LogP contribution is 2.29. The van der Waals surface area contributed by atoms with Crippen LogP contribution in [0.2, 0.25) is 5.02 Å². The Balaban J connectivity index is 1.94. The Hall–Kier alpha value is -0.920. The molecule has 0 aromatic heterocycles. The van der Waals surface area contributed by atoms with Crippen LogP contribution in [-0.4, -0.2) is 50.9 Å². The van der Waals surface area contributed by atoms with Crippen LogP contribution in [0, 0.1) is 0 Å². The minimum atomic E-state index is -2.90. The maximum atomic E-state index is 12.1. The second-order valence-corrected chi connectivity index (χ2v) is 9.39. The molecular formula is C14H19ClN2O3S2. The molecule has 1 saturated heterocycles.